The summed E-state index contributed by atoms with van der Waals surface area (Å²) in [6.07, 6.45) is 3.35. The fraction of sp³-hybridized carbons (Fsp3) is 0.111. The summed E-state index contributed by atoms with van der Waals surface area (Å²) in [4.78, 5) is 3.48. The standard InChI is InChI=1S/C9H9N3O4S2/c1-17-9(11-5-10)12-7-3-2-6(4-8(7)13)18(14,15)16/h2-4,13H,1H3,(H,11,12)(H,14,15,16). The van der Waals surface area contributed by atoms with Crippen LogP contribution in [0.15, 0.2) is 28.1 Å². The molecule has 18 heavy (non-hydrogen) atoms. The summed E-state index contributed by atoms with van der Waals surface area (Å²) in [5.74, 6) is -0.420. The monoisotopic (exact) mass is 287 g/mol. The van der Waals surface area contributed by atoms with Crippen molar-refractivity contribution in [3.05, 3.63) is 18.2 Å². The SMILES string of the molecule is CSC(=Nc1ccc(S(=O)(=O)O)cc1O)NC#N. The number of benzene rings is 1. The van der Waals surface area contributed by atoms with E-state index in [0.29, 0.717) is 0 Å². The Kier molecular flexibility index (Phi) is 4.55. The largest absolute Gasteiger partial charge is 0.506 e. The second kappa shape index (κ2) is 5.72. The number of hydrogen-bond acceptors (Lipinski definition) is 6. The van der Waals surface area contributed by atoms with Crippen LogP contribution in [0, 0.1) is 11.5 Å². The number of rotatable bonds is 2. The summed E-state index contributed by atoms with van der Waals surface area (Å²) in [5.41, 5.74) is 0.0782. The maximum absolute atomic E-state index is 10.8. The van der Waals surface area contributed by atoms with Crippen molar-refractivity contribution in [2.24, 2.45) is 4.99 Å². The van der Waals surface area contributed by atoms with Crippen molar-refractivity contribution in [2.45, 2.75) is 4.90 Å². The number of nitrogens with one attached hydrogen (secondary N) is 1. The van der Waals surface area contributed by atoms with Crippen molar-refractivity contribution < 1.29 is 18.1 Å². The summed E-state index contributed by atoms with van der Waals surface area (Å²) in [6.45, 7) is 0. The lowest BCUT2D eigenvalue weighted by Crippen LogP contribution is -2.12. The number of nitrogens with zero attached hydrogens (tertiary/aromatic N) is 2. The highest BCUT2D eigenvalue weighted by atomic mass is 32.2. The van der Waals surface area contributed by atoms with Crippen LogP contribution in [-0.4, -0.2) is 29.5 Å². The molecule has 7 nitrogen and oxygen atoms in total. The molecule has 1 rings (SSSR count). The molecule has 9 heteroatoms. The number of phenols is 1. The van der Waals surface area contributed by atoms with Crippen molar-refractivity contribution in [1.29, 1.82) is 5.26 Å². The van der Waals surface area contributed by atoms with E-state index >= 15 is 0 Å². The molecular weight excluding hydrogens is 278 g/mol. The van der Waals surface area contributed by atoms with Gasteiger partial charge in [-0.25, -0.2) is 4.99 Å². The van der Waals surface area contributed by atoms with E-state index in [0.717, 1.165) is 23.9 Å². The van der Waals surface area contributed by atoms with Gasteiger partial charge in [0.05, 0.1) is 4.90 Å². The summed E-state index contributed by atoms with van der Waals surface area (Å²) >= 11 is 1.15. The highest BCUT2D eigenvalue weighted by molar-refractivity contribution is 8.13. The Labute approximate surface area is 108 Å². The van der Waals surface area contributed by atoms with Crippen LogP contribution >= 0.6 is 11.8 Å². The predicted molar refractivity (Wildman–Crippen MR) is 67.3 cm³/mol. The summed E-state index contributed by atoms with van der Waals surface area (Å²) in [6, 6.07) is 3.18. The van der Waals surface area contributed by atoms with Gasteiger partial charge >= 0.3 is 0 Å². The zero-order valence-corrected chi connectivity index (χ0v) is 10.8. The van der Waals surface area contributed by atoms with Crippen LogP contribution in [0.3, 0.4) is 0 Å². The number of aliphatic imine (C=N–C) groups is 1. The van der Waals surface area contributed by atoms with E-state index in [2.05, 4.69) is 10.3 Å². The van der Waals surface area contributed by atoms with E-state index in [-0.39, 0.29) is 10.9 Å². The lowest BCUT2D eigenvalue weighted by molar-refractivity contribution is 0.467. The molecule has 1 aromatic rings. The second-order valence-electron chi connectivity index (χ2n) is 2.98. The highest BCUT2D eigenvalue weighted by Crippen LogP contribution is 2.29. The van der Waals surface area contributed by atoms with Crippen LogP contribution in [-0.2, 0) is 10.1 Å². The maximum Gasteiger partial charge on any atom is 0.294 e. The van der Waals surface area contributed by atoms with Crippen molar-refractivity contribution in [1.82, 2.24) is 5.32 Å². The van der Waals surface area contributed by atoms with Crippen LogP contribution in [0.5, 0.6) is 5.75 Å². The van der Waals surface area contributed by atoms with Gasteiger partial charge in [-0.1, -0.05) is 11.8 Å². The lowest BCUT2D eigenvalue weighted by atomic mass is 10.3. The second-order valence-corrected chi connectivity index (χ2v) is 5.20. The van der Waals surface area contributed by atoms with Gasteiger partial charge in [0.1, 0.15) is 11.4 Å². The van der Waals surface area contributed by atoms with Crippen LogP contribution in [0.2, 0.25) is 0 Å². The Morgan fingerprint density at radius 2 is 2.22 bits per heavy atom. The topological polar surface area (TPSA) is 123 Å². The molecule has 0 aliphatic rings. The number of thioether (sulfide) groups is 1. The van der Waals surface area contributed by atoms with E-state index in [4.69, 9.17) is 9.81 Å². The van der Waals surface area contributed by atoms with Gasteiger partial charge in [0.2, 0.25) is 0 Å². The molecule has 96 valence electrons. The van der Waals surface area contributed by atoms with Gasteiger partial charge in [0.25, 0.3) is 10.1 Å². The van der Waals surface area contributed by atoms with Gasteiger partial charge in [0.15, 0.2) is 11.4 Å². The quantitative estimate of drug-likeness (QED) is 0.244. The Morgan fingerprint density at radius 3 is 2.67 bits per heavy atom. The third-order valence-corrected chi connectivity index (χ3v) is 3.25. The number of aromatic hydroxyl groups is 1. The molecule has 1 aromatic carbocycles. The van der Waals surface area contributed by atoms with E-state index in [1.54, 1.807) is 12.4 Å². The van der Waals surface area contributed by atoms with E-state index in [9.17, 15) is 13.5 Å². The first-order chi connectivity index (χ1) is 8.38. The van der Waals surface area contributed by atoms with Crippen molar-refractivity contribution in [3.8, 4) is 11.9 Å². The third-order valence-electron chi connectivity index (χ3n) is 1.82. The molecule has 0 heterocycles. The Balaban J connectivity index is 3.19. The van der Waals surface area contributed by atoms with Crippen LogP contribution < -0.4 is 5.32 Å². The first-order valence-electron chi connectivity index (χ1n) is 4.46. The summed E-state index contributed by atoms with van der Waals surface area (Å²) in [7, 11) is -4.37. The fourth-order valence-corrected chi connectivity index (χ4v) is 1.88. The Hall–Kier alpha value is -1.76. The first kappa shape index (κ1) is 14.3. The molecule has 0 unspecified atom stereocenters. The van der Waals surface area contributed by atoms with Crippen molar-refractivity contribution in [3.63, 3.8) is 0 Å². The van der Waals surface area contributed by atoms with E-state index < -0.39 is 20.8 Å². The van der Waals surface area contributed by atoms with Gasteiger partial charge < -0.3 is 5.11 Å². The minimum absolute atomic E-state index is 0.0782. The molecule has 0 radical (unpaired) electrons. The molecule has 0 saturated heterocycles. The average Bonchev–Trinajstić information content (AvgIpc) is 2.29. The zero-order valence-electron chi connectivity index (χ0n) is 9.15. The van der Waals surface area contributed by atoms with Gasteiger partial charge in [-0.15, -0.1) is 0 Å². The predicted octanol–water partition coefficient (Wildman–Crippen LogP) is 1.06. The number of nitriles is 1. The summed E-state index contributed by atoms with van der Waals surface area (Å²) < 4.78 is 30.4. The molecule has 0 aliphatic heterocycles. The minimum Gasteiger partial charge on any atom is -0.506 e. The lowest BCUT2D eigenvalue weighted by Gasteiger charge is -2.03. The molecular formula is C9H9N3O4S2. The number of amidine groups is 1. The van der Waals surface area contributed by atoms with E-state index in [1.165, 1.54) is 6.07 Å². The molecule has 0 spiro atoms. The van der Waals surface area contributed by atoms with Gasteiger partial charge in [-0.2, -0.15) is 13.7 Å². The highest BCUT2D eigenvalue weighted by Gasteiger charge is 2.12. The molecule has 0 saturated carbocycles. The molecule has 0 atom stereocenters. The normalized spacial score (nSPS) is 11.9. The molecule has 0 aliphatic carbocycles. The average molecular weight is 287 g/mol. The first-order valence-corrected chi connectivity index (χ1v) is 7.13. The third kappa shape index (κ3) is 3.63. The fourth-order valence-electron chi connectivity index (χ4n) is 1.04. The molecule has 3 N–H and O–H groups in total. The Bertz CT molecular complexity index is 619. The molecule has 0 bridgehead atoms. The molecule has 0 fully saturated rings. The van der Waals surface area contributed by atoms with Crippen LogP contribution in [0.25, 0.3) is 0 Å². The van der Waals surface area contributed by atoms with Crippen molar-refractivity contribution >= 4 is 32.7 Å². The van der Waals surface area contributed by atoms with Crippen LogP contribution in [0.4, 0.5) is 5.69 Å². The van der Waals surface area contributed by atoms with Crippen LogP contribution in [0.1, 0.15) is 0 Å². The van der Waals surface area contributed by atoms with Gasteiger partial charge in [-0.05, 0) is 18.4 Å². The molecule has 0 aromatic heterocycles. The van der Waals surface area contributed by atoms with Gasteiger partial charge in [-0.3, -0.25) is 9.87 Å². The maximum atomic E-state index is 10.8. The van der Waals surface area contributed by atoms with Gasteiger partial charge in [0, 0.05) is 6.07 Å². The number of hydrogen-bond donors (Lipinski definition) is 3. The summed E-state index contributed by atoms with van der Waals surface area (Å²) in [5, 5.41) is 20.5. The van der Waals surface area contributed by atoms with Crippen molar-refractivity contribution in [2.75, 3.05) is 6.26 Å². The number of phenolic OH excluding ortho intramolecular Hbond substituents is 1. The van der Waals surface area contributed by atoms with E-state index in [1.807, 2.05) is 0 Å². The zero-order chi connectivity index (χ0) is 13.8. The molecule has 0 amide bonds. The smallest absolute Gasteiger partial charge is 0.294 e. The minimum atomic E-state index is -4.37. The Morgan fingerprint density at radius 1 is 1.56 bits per heavy atom.